The van der Waals surface area contributed by atoms with Crippen molar-refractivity contribution in [2.45, 2.75) is 0 Å². The Hall–Kier alpha value is -3.33. The lowest BCUT2D eigenvalue weighted by Gasteiger charge is -1.97. The van der Waals surface area contributed by atoms with Crippen LogP contribution >= 0.6 is 0 Å². The molecule has 0 amide bonds. The molecule has 3 heterocycles. The van der Waals surface area contributed by atoms with Crippen LogP contribution in [0.25, 0.3) is 34.3 Å². The Bertz CT molecular complexity index is 1220. The zero-order valence-electron chi connectivity index (χ0n) is 13.0. The van der Waals surface area contributed by atoms with E-state index in [1.54, 1.807) is 0 Å². The number of aromatic amines is 2. The van der Waals surface area contributed by atoms with Crippen LogP contribution < -0.4 is 10.6 Å². The first-order valence-electron chi connectivity index (χ1n) is 7.93. The van der Waals surface area contributed by atoms with E-state index in [2.05, 4.69) is 51.9 Å². The second kappa shape index (κ2) is 4.83. The van der Waals surface area contributed by atoms with E-state index in [-0.39, 0.29) is 0 Å². The van der Waals surface area contributed by atoms with Crippen molar-refractivity contribution in [2.75, 3.05) is 0 Å². The third kappa shape index (κ3) is 1.82. The number of para-hydroxylation sites is 2. The van der Waals surface area contributed by atoms with Crippen LogP contribution in [0.2, 0.25) is 0 Å². The van der Waals surface area contributed by atoms with Crippen LogP contribution in [0.3, 0.4) is 0 Å². The van der Waals surface area contributed by atoms with Gasteiger partial charge in [-0.3, -0.25) is 4.99 Å². The van der Waals surface area contributed by atoms with Crippen molar-refractivity contribution in [1.82, 2.24) is 9.97 Å². The number of rotatable bonds is 1. The van der Waals surface area contributed by atoms with Crippen molar-refractivity contribution in [2.24, 2.45) is 4.99 Å². The molecule has 114 valence electrons. The number of fused-ring (bicyclic) bond motifs is 2. The van der Waals surface area contributed by atoms with Crippen molar-refractivity contribution >= 4 is 35.0 Å². The third-order valence-corrected chi connectivity index (χ3v) is 4.60. The van der Waals surface area contributed by atoms with Crippen LogP contribution in [0.5, 0.6) is 0 Å². The first-order valence-corrected chi connectivity index (χ1v) is 7.93. The van der Waals surface area contributed by atoms with E-state index in [9.17, 15) is 0 Å². The summed E-state index contributed by atoms with van der Waals surface area (Å²) in [4.78, 5) is 11.3. The minimum atomic E-state index is 0.911. The molecule has 0 unspecified atom stereocenters. The zero-order chi connectivity index (χ0) is 16.1. The largest absolute Gasteiger partial charge is 0.360 e. The zero-order valence-corrected chi connectivity index (χ0v) is 13.0. The summed E-state index contributed by atoms with van der Waals surface area (Å²) in [6.45, 7) is 4.20. The molecule has 0 atom stereocenters. The molecule has 2 aromatic carbocycles. The average molecular weight is 309 g/mol. The highest BCUT2D eigenvalue weighted by atomic mass is 14.8. The highest BCUT2D eigenvalue weighted by molar-refractivity contribution is 6.16. The smallest absolute Gasteiger partial charge is 0.0709 e. The molecule has 0 aliphatic carbocycles. The first kappa shape index (κ1) is 13.1. The van der Waals surface area contributed by atoms with Gasteiger partial charge in [0.1, 0.15) is 0 Å². The van der Waals surface area contributed by atoms with Crippen molar-refractivity contribution in [3.63, 3.8) is 0 Å². The second-order valence-electron chi connectivity index (χ2n) is 6.01. The summed E-state index contributed by atoms with van der Waals surface area (Å²) >= 11 is 0. The third-order valence-electron chi connectivity index (χ3n) is 4.60. The Morgan fingerprint density at radius 2 is 1.75 bits per heavy atom. The van der Waals surface area contributed by atoms with Crippen LogP contribution in [0.4, 0.5) is 5.69 Å². The van der Waals surface area contributed by atoms with Gasteiger partial charge in [0.25, 0.3) is 0 Å². The van der Waals surface area contributed by atoms with Gasteiger partial charge >= 0.3 is 0 Å². The minimum absolute atomic E-state index is 0.911. The lowest BCUT2D eigenvalue weighted by atomic mass is 10.0. The molecule has 24 heavy (non-hydrogen) atoms. The Kier molecular flexibility index (Phi) is 2.65. The lowest BCUT2D eigenvalue weighted by Crippen LogP contribution is -2.23. The summed E-state index contributed by atoms with van der Waals surface area (Å²) < 4.78 is 0. The predicted octanol–water partition coefficient (Wildman–Crippen LogP) is 3.49. The van der Waals surface area contributed by atoms with E-state index >= 15 is 0 Å². The van der Waals surface area contributed by atoms with Gasteiger partial charge in [-0.1, -0.05) is 43.0 Å². The summed E-state index contributed by atoms with van der Waals surface area (Å²) in [5.74, 6) is 0. The molecule has 1 aliphatic heterocycles. The van der Waals surface area contributed by atoms with Gasteiger partial charge in [-0.2, -0.15) is 0 Å². The van der Waals surface area contributed by atoms with Gasteiger partial charge in [0.2, 0.25) is 0 Å². The highest BCUT2D eigenvalue weighted by Crippen LogP contribution is 2.30. The normalized spacial score (nSPS) is 15.2. The molecule has 0 spiro atoms. The molecule has 0 fully saturated rings. The van der Waals surface area contributed by atoms with Gasteiger partial charge in [-0.15, -0.1) is 0 Å². The maximum Gasteiger partial charge on any atom is 0.0709 e. The maximum absolute atomic E-state index is 4.51. The summed E-state index contributed by atoms with van der Waals surface area (Å²) in [6, 6.07) is 18.7. The number of aliphatic imine (C=N–C) groups is 1. The summed E-state index contributed by atoms with van der Waals surface area (Å²) in [7, 11) is 0. The fourth-order valence-electron chi connectivity index (χ4n) is 3.41. The van der Waals surface area contributed by atoms with E-state index in [1.807, 2.05) is 36.7 Å². The minimum Gasteiger partial charge on any atom is -0.360 e. The molecular weight excluding hydrogens is 294 g/mol. The van der Waals surface area contributed by atoms with E-state index in [0.29, 0.717) is 0 Å². The molecule has 0 saturated carbocycles. The molecule has 3 heteroatoms. The topological polar surface area (TPSA) is 43.9 Å². The fourth-order valence-corrected chi connectivity index (χ4v) is 3.41. The number of aromatic nitrogens is 2. The Balaban J connectivity index is 1.77. The quantitative estimate of drug-likeness (QED) is 0.541. The Morgan fingerprint density at radius 3 is 2.71 bits per heavy atom. The number of nitrogens with zero attached hydrogens (tertiary/aromatic N) is 1. The molecule has 0 saturated heterocycles. The molecule has 1 aliphatic rings. The lowest BCUT2D eigenvalue weighted by molar-refractivity contribution is 1.32. The monoisotopic (exact) mass is 309 g/mol. The van der Waals surface area contributed by atoms with Crippen molar-refractivity contribution in [3.8, 4) is 11.3 Å². The number of hydrogen-bond donors (Lipinski definition) is 2. The summed E-state index contributed by atoms with van der Waals surface area (Å²) in [5.41, 5.74) is 6.66. The molecule has 2 aromatic heterocycles. The van der Waals surface area contributed by atoms with Crippen LogP contribution in [-0.4, -0.2) is 16.2 Å². The number of hydrogen-bond acceptors (Lipinski definition) is 1. The van der Waals surface area contributed by atoms with Gasteiger partial charge in [0.05, 0.1) is 5.69 Å². The van der Waals surface area contributed by atoms with E-state index in [4.69, 9.17) is 0 Å². The molecule has 5 rings (SSSR count). The van der Waals surface area contributed by atoms with Crippen molar-refractivity contribution < 1.29 is 0 Å². The second-order valence-corrected chi connectivity index (χ2v) is 6.01. The van der Waals surface area contributed by atoms with Gasteiger partial charge in [0, 0.05) is 56.3 Å². The number of H-pyrrole nitrogens is 2. The van der Waals surface area contributed by atoms with E-state index in [1.165, 1.54) is 5.39 Å². The fraction of sp³-hybridized carbons (Fsp3) is 0. The number of benzene rings is 2. The average Bonchev–Trinajstić information content (AvgIpc) is 3.30. The van der Waals surface area contributed by atoms with Crippen LogP contribution in [0.1, 0.15) is 5.56 Å². The molecule has 4 aromatic rings. The van der Waals surface area contributed by atoms with Gasteiger partial charge in [-0.25, -0.2) is 0 Å². The van der Waals surface area contributed by atoms with Gasteiger partial charge in [0.15, 0.2) is 0 Å². The molecule has 0 bridgehead atoms. The Labute approximate surface area is 138 Å². The highest BCUT2D eigenvalue weighted by Gasteiger charge is 2.14. The van der Waals surface area contributed by atoms with Crippen LogP contribution in [-0.2, 0) is 0 Å². The van der Waals surface area contributed by atoms with E-state index in [0.717, 1.165) is 44.2 Å². The Morgan fingerprint density at radius 1 is 0.917 bits per heavy atom. The molecule has 0 radical (unpaired) electrons. The summed E-state index contributed by atoms with van der Waals surface area (Å²) in [5, 5.41) is 3.22. The summed E-state index contributed by atoms with van der Waals surface area (Å²) in [6.07, 6.45) is 3.97. The standard InChI is InChI=1S/C21H15N3/c1-13-16(17-11-22-19-8-4-2-6-14(17)19)10-21(24-13)18-12-23-20-9-5-3-7-15(18)20/h2-12,23-24H,1H2. The van der Waals surface area contributed by atoms with Crippen LogP contribution in [0, 0.1) is 0 Å². The van der Waals surface area contributed by atoms with E-state index < -0.39 is 0 Å². The van der Waals surface area contributed by atoms with Crippen LogP contribution in [0.15, 0.2) is 65.8 Å². The number of nitrogens with one attached hydrogen (secondary N) is 2. The van der Waals surface area contributed by atoms with Gasteiger partial charge in [-0.05, 0) is 18.2 Å². The first-order chi connectivity index (χ1) is 11.8. The van der Waals surface area contributed by atoms with Crippen molar-refractivity contribution in [3.05, 3.63) is 76.9 Å². The SMILES string of the molecule is C=c1[nH]c(-c2c[nH]c3ccccc23)cc1=C1C=Nc2ccccc21. The van der Waals surface area contributed by atoms with Gasteiger partial charge < -0.3 is 9.97 Å². The molecule has 3 nitrogen and oxygen atoms in total. The van der Waals surface area contributed by atoms with Crippen molar-refractivity contribution in [1.29, 1.82) is 0 Å². The molecule has 2 N–H and O–H groups in total. The maximum atomic E-state index is 4.51. The molecular formula is C21H15N3. The predicted molar refractivity (Wildman–Crippen MR) is 100.0 cm³/mol.